The Kier molecular flexibility index (Phi) is 4.25. The van der Waals surface area contributed by atoms with Crippen molar-refractivity contribution in [2.75, 3.05) is 5.32 Å². The molecule has 0 aliphatic carbocycles. The third-order valence-electron chi connectivity index (χ3n) is 4.51. The lowest BCUT2D eigenvalue weighted by molar-refractivity contribution is -0.146. The normalized spacial score (nSPS) is 11.9. The lowest BCUT2D eigenvalue weighted by Gasteiger charge is -2.13. The van der Waals surface area contributed by atoms with Gasteiger partial charge in [-0.2, -0.15) is 22.8 Å². The number of fused-ring (bicyclic) bond motifs is 1. The molecule has 0 radical (unpaired) electrons. The van der Waals surface area contributed by atoms with Crippen LogP contribution < -0.4 is 5.32 Å². The molecule has 3 heterocycles. The quantitative estimate of drug-likeness (QED) is 0.580. The SMILES string of the molecule is Cc1c(NCc2ccc(-n3cccn3)cc2)nn2c(C(F)(F)F)nnc2c1C. The summed E-state index contributed by atoms with van der Waals surface area (Å²) >= 11 is 0. The molecule has 0 aliphatic rings. The van der Waals surface area contributed by atoms with E-state index in [1.807, 2.05) is 36.5 Å². The van der Waals surface area contributed by atoms with Gasteiger partial charge in [0.05, 0.1) is 5.69 Å². The van der Waals surface area contributed by atoms with Crippen LogP contribution in [0, 0.1) is 13.8 Å². The molecule has 0 aliphatic heterocycles. The monoisotopic (exact) mass is 387 g/mol. The standard InChI is InChI=1S/C18H16F3N7/c1-11-12(2)16-24-25-17(18(19,20)21)28(16)26-15(11)22-10-13-4-6-14(7-5-13)27-9-3-8-23-27/h3-9H,10H2,1-2H3,(H,22,26). The molecular formula is C18H16F3N7. The van der Waals surface area contributed by atoms with Crippen LogP contribution in [0.5, 0.6) is 0 Å². The second kappa shape index (κ2) is 6.63. The van der Waals surface area contributed by atoms with E-state index < -0.39 is 12.0 Å². The zero-order valence-electron chi connectivity index (χ0n) is 15.1. The van der Waals surface area contributed by atoms with Gasteiger partial charge in [-0.15, -0.1) is 15.3 Å². The molecule has 4 aromatic rings. The van der Waals surface area contributed by atoms with Gasteiger partial charge in [-0.25, -0.2) is 4.68 Å². The molecule has 28 heavy (non-hydrogen) atoms. The molecule has 4 rings (SSSR count). The van der Waals surface area contributed by atoms with Gasteiger partial charge in [0.15, 0.2) is 11.5 Å². The van der Waals surface area contributed by atoms with Crippen LogP contribution in [0.3, 0.4) is 0 Å². The number of nitrogens with zero attached hydrogens (tertiary/aromatic N) is 6. The summed E-state index contributed by atoms with van der Waals surface area (Å²) in [5.74, 6) is -0.788. The third-order valence-corrected chi connectivity index (χ3v) is 4.51. The van der Waals surface area contributed by atoms with Crippen molar-refractivity contribution in [1.29, 1.82) is 0 Å². The maximum Gasteiger partial charge on any atom is 0.453 e. The molecule has 0 saturated carbocycles. The summed E-state index contributed by atoms with van der Waals surface area (Å²) in [7, 11) is 0. The Morgan fingerprint density at radius 3 is 2.43 bits per heavy atom. The van der Waals surface area contributed by atoms with E-state index in [0.717, 1.165) is 21.3 Å². The molecule has 0 fully saturated rings. The number of anilines is 1. The van der Waals surface area contributed by atoms with Crippen LogP contribution in [-0.2, 0) is 12.7 Å². The Labute approximate surface area is 157 Å². The summed E-state index contributed by atoms with van der Waals surface area (Å²) in [6.45, 7) is 3.89. The Balaban J connectivity index is 1.60. The van der Waals surface area contributed by atoms with Gasteiger partial charge in [-0.1, -0.05) is 12.1 Å². The molecule has 144 valence electrons. The van der Waals surface area contributed by atoms with E-state index in [2.05, 4.69) is 25.7 Å². The van der Waals surface area contributed by atoms with Gasteiger partial charge in [0.25, 0.3) is 5.82 Å². The first-order valence-electron chi connectivity index (χ1n) is 8.47. The molecule has 0 unspecified atom stereocenters. The zero-order chi connectivity index (χ0) is 19.9. The number of benzene rings is 1. The molecule has 0 spiro atoms. The van der Waals surface area contributed by atoms with E-state index in [1.165, 1.54) is 0 Å². The Morgan fingerprint density at radius 2 is 1.79 bits per heavy atom. The Hall–Kier alpha value is -3.43. The molecule has 0 bridgehead atoms. The van der Waals surface area contributed by atoms with E-state index in [-0.39, 0.29) is 5.65 Å². The van der Waals surface area contributed by atoms with Gasteiger partial charge >= 0.3 is 6.18 Å². The van der Waals surface area contributed by atoms with Crippen LogP contribution in [0.4, 0.5) is 19.0 Å². The average Bonchev–Trinajstić information content (AvgIpc) is 3.33. The van der Waals surface area contributed by atoms with Gasteiger partial charge in [0, 0.05) is 24.5 Å². The topological polar surface area (TPSA) is 72.9 Å². The molecule has 3 aromatic heterocycles. The number of hydrogen-bond acceptors (Lipinski definition) is 5. The lowest BCUT2D eigenvalue weighted by Crippen LogP contribution is -2.15. The van der Waals surface area contributed by atoms with Gasteiger partial charge in [-0.3, -0.25) is 0 Å². The molecule has 1 N–H and O–H groups in total. The van der Waals surface area contributed by atoms with Crippen molar-refractivity contribution >= 4 is 11.5 Å². The third kappa shape index (κ3) is 3.17. The summed E-state index contributed by atoms with van der Waals surface area (Å²) < 4.78 is 41.9. The fourth-order valence-corrected chi connectivity index (χ4v) is 2.85. The summed E-state index contributed by atoms with van der Waals surface area (Å²) in [6, 6.07) is 9.51. The predicted molar refractivity (Wildman–Crippen MR) is 96.1 cm³/mol. The van der Waals surface area contributed by atoms with E-state index >= 15 is 0 Å². The van der Waals surface area contributed by atoms with Gasteiger partial charge in [0.2, 0.25) is 0 Å². The average molecular weight is 387 g/mol. The minimum absolute atomic E-state index is 0.0963. The van der Waals surface area contributed by atoms with Gasteiger partial charge < -0.3 is 5.32 Å². The first-order chi connectivity index (χ1) is 13.3. The van der Waals surface area contributed by atoms with E-state index in [4.69, 9.17) is 0 Å². The van der Waals surface area contributed by atoms with Crippen molar-refractivity contribution in [2.45, 2.75) is 26.6 Å². The molecule has 7 nitrogen and oxygen atoms in total. The van der Waals surface area contributed by atoms with Gasteiger partial charge in [0.1, 0.15) is 0 Å². The molecule has 0 atom stereocenters. The second-order valence-electron chi connectivity index (χ2n) is 6.33. The van der Waals surface area contributed by atoms with Gasteiger partial charge in [-0.05, 0) is 43.2 Å². The largest absolute Gasteiger partial charge is 0.453 e. The minimum atomic E-state index is -4.63. The predicted octanol–water partition coefficient (Wildman–Crippen LogP) is 3.56. The van der Waals surface area contributed by atoms with Crippen molar-refractivity contribution in [3.63, 3.8) is 0 Å². The summed E-state index contributed by atoms with van der Waals surface area (Å²) in [5, 5.41) is 18.2. The number of halogens is 3. The van der Waals surface area contributed by atoms with Crippen LogP contribution in [0.25, 0.3) is 11.3 Å². The highest BCUT2D eigenvalue weighted by atomic mass is 19.4. The molecule has 0 amide bonds. The van der Waals surface area contributed by atoms with Crippen LogP contribution in [0.2, 0.25) is 0 Å². The van der Waals surface area contributed by atoms with Crippen molar-refractivity contribution < 1.29 is 13.2 Å². The van der Waals surface area contributed by atoms with Crippen molar-refractivity contribution in [3.8, 4) is 5.69 Å². The van der Waals surface area contributed by atoms with E-state index in [1.54, 1.807) is 24.7 Å². The fraction of sp³-hybridized carbons (Fsp3) is 0.222. The number of nitrogens with one attached hydrogen (secondary N) is 1. The van der Waals surface area contributed by atoms with Crippen LogP contribution >= 0.6 is 0 Å². The number of rotatable bonds is 4. The fourth-order valence-electron chi connectivity index (χ4n) is 2.85. The van der Waals surface area contributed by atoms with E-state index in [0.29, 0.717) is 17.9 Å². The summed E-state index contributed by atoms with van der Waals surface area (Å²) in [5.41, 5.74) is 3.28. The van der Waals surface area contributed by atoms with Crippen molar-refractivity contribution in [3.05, 3.63) is 65.2 Å². The number of hydrogen-bond donors (Lipinski definition) is 1. The molecule has 0 saturated heterocycles. The molecule has 1 aromatic carbocycles. The first-order valence-corrected chi connectivity index (χ1v) is 8.47. The smallest absolute Gasteiger partial charge is 0.364 e. The first kappa shape index (κ1) is 18.0. The van der Waals surface area contributed by atoms with Crippen molar-refractivity contribution in [1.82, 2.24) is 29.6 Å². The number of alkyl halides is 3. The van der Waals surface area contributed by atoms with E-state index in [9.17, 15) is 13.2 Å². The lowest BCUT2D eigenvalue weighted by atomic mass is 10.1. The van der Waals surface area contributed by atoms with Crippen molar-refractivity contribution in [2.24, 2.45) is 0 Å². The summed E-state index contributed by atoms with van der Waals surface area (Å²) in [4.78, 5) is 0. The minimum Gasteiger partial charge on any atom is -0.364 e. The number of aryl methyl sites for hydroxylation is 1. The summed E-state index contributed by atoms with van der Waals surface area (Å²) in [6.07, 6.45) is -1.09. The second-order valence-corrected chi connectivity index (χ2v) is 6.33. The highest BCUT2D eigenvalue weighted by molar-refractivity contribution is 5.58. The highest BCUT2D eigenvalue weighted by Crippen LogP contribution is 2.29. The number of aromatic nitrogens is 6. The molecule has 10 heteroatoms. The van der Waals surface area contributed by atoms with Crippen LogP contribution in [0.15, 0.2) is 42.7 Å². The van der Waals surface area contributed by atoms with Crippen LogP contribution in [0.1, 0.15) is 22.5 Å². The van der Waals surface area contributed by atoms with Crippen LogP contribution in [-0.4, -0.2) is 29.6 Å². The molecular weight excluding hydrogens is 371 g/mol. The highest BCUT2D eigenvalue weighted by Gasteiger charge is 2.38. The maximum absolute atomic E-state index is 13.1. The zero-order valence-corrected chi connectivity index (χ0v) is 15.1. The Morgan fingerprint density at radius 1 is 1.04 bits per heavy atom. The maximum atomic E-state index is 13.1. The Bertz CT molecular complexity index is 1110.